The Hall–Kier alpha value is -1.31. The van der Waals surface area contributed by atoms with Gasteiger partial charge in [0.15, 0.2) is 0 Å². The van der Waals surface area contributed by atoms with Crippen molar-refractivity contribution >= 4 is 5.97 Å². The maximum atomic E-state index is 10.9. The Morgan fingerprint density at radius 1 is 0.739 bits per heavy atom. The van der Waals surface area contributed by atoms with Gasteiger partial charge in [-0.25, -0.2) is 0 Å². The zero-order valence-corrected chi connectivity index (χ0v) is 15.3. The van der Waals surface area contributed by atoms with Gasteiger partial charge in [0.2, 0.25) is 0 Å². The Morgan fingerprint density at radius 3 is 1.87 bits per heavy atom. The monoisotopic (exact) mass is 320 g/mol. The first-order valence-corrected chi connectivity index (χ1v) is 9.33. The number of hydrogen-bond donors (Lipinski definition) is 0. The van der Waals surface area contributed by atoms with E-state index >= 15 is 0 Å². The van der Waals surface area contributed by atoms with E-state index in [1.54, 1.807) is 0 Å². The van der Waals surface area contributed by atoms with Gasteiger partial charge in [0.1, 0.15) is 0 Å². The van der Waals surface area contributed by atoms with Gasteiger partial charge in [-0.05, 0) is 38.5 Å². The van der Waals surface area contributed by atoms with Crippen LogP contribution in [0.3, 0.4) is 0 Å². The number of allylic oxidation sites excluding steroid dienone is 6. The lowest BCUT2D eigenvalue weighted by atomic mass is 10.1. The smallest absolute Gasteiger partial charge is 0.305 e. The molecule has 23 heavy (non-hydrogen) atoms. The second kappa shape index (κ2) is 18.7. The first kappa shape index (κ1) is 21.7. The molecule has 0 saturated carbocycles. The Balaban J connectivity index is 3.22. The van der Waals surface area contributed by atoms with E-state index in [1.165, 1.54) is 45.6 Å². The summed E-state index contributed by atoms with van der Waals surface area (Å²) in [5, 5.41) is 0. The molecule has 0 aromatic heterocycles. The second-order valence-corrected chi connectivity index (χ2v) is 5.88. The molecule has 0 N–H and O–H groups in total. The van der Waals surface area contributed by atoms with Crippen molar-refractivity contribution < 1.29 is 9.53 Å². The molecule has 0 aromatic carbocycles. The van der Waals surface area contributed by atoms with Crippen LogP contribution in [0.25, 0.3) is 0 Å². The third-order valence-electron chi connectivity index (χ3n) is 3.76. The Bertz CT molecular complexity index is 340. The minimum atomic E-state index is -0.0796. The lowest BCUT2D eigenvalue weighted by Gasteiger charge is -2.01. The third-order valence-corrected chi connectivity index (χ3v) is 3.76. The maximum Gasteiger partial charge on any atom is 0.305 e. The van der Waals surface area contributed by atoms with Gasteiger partial charge in [0.25, 0.3) is 0 Å². The van der Waals surface area contributed by atoms with Crippen LogP contribution in [0, 0.1) is 0 Å². The van der Waals surface area contributed by atoms with E-state index in [9.17, 15) is 4.79 Å². The van der Waals surface area contributed by atoms with Crippen LogP contribution in [0.4, 0.5) is 0 Å². The summed E-state index contributed by atoms with van der Waals surface area (Å²) in [6.45, 7) is 2.16. The summed E-state index contributed by atoms with van der Waals surface area (Å²) >= 11 is 0. The molecule has 0 atom stereocenters. The number of hydrogen-bond acceptors (Lipinski definition) is 2. The van der Waals surface area contributed by atoms with Crippen molar-refractivity contribution in [3.63, 3.8) is 0 Å². The van der Waals surface area contributed by atoms with Crippen LogP contribution < -0.4 is 0 Å². The van der Waals surface area contributed by atoms with Crippen molar-refractivity contribution in [2.45, 2.75) is 84.0 Å². The van der Waals surface area contributed by atoms with Gasteiger partial charge in [-0.3, -0.25) is 4.79 Å². The van der Waals surface area contributed by atoms with E-state index in [0.29, 0.717) is 6.42 Å². The lowest BCUT2D eigenvalue weighted by Crippen LogP contribution is -1.99. The fourth-order valence-electron chi connectivity index (χ4n) is 2.34. The van der Waals surface area contributed by atoms with E-state index in [0.717, 1.165) is 32.1 Å². The zero-order chi connectivity index (χ0) is 17.0. The van der Waals surface area contributed by atoms with Crippen molar-refractivity contribution in [2.75, 3.05) is 7.11 Å². The largest absolute Gasteiger partial charge is 0.469 e. The van der Waals surface area contributed by atoms with E-state index in [4.69, 9.17) is 0 Å². The molecule has 0 spiro atoms. The van der Waals surface area contributed by atoms with E-state index in [-0.39, 0.29) is 5.97 Å². The predicted molar refractivity (Wildman–Crippen MR) is 101 cm³/mol. The number of esters is 1. The summed E-state index contributed by atoms with van der Waals surface area (Å²) in [4.78, 5) is 10.9. The molecule has 0 aliphatic rings. The number of unbranched alkanes of at least 4 members (excludes halogenated alkanes) is 7. The second-order valence-electron chi connectivity index (χ2n) is 5.88. The molecule has 0 heterocycles. The molecule has 0 radical (unpaired) electrons. The van der Waals surface area contributed by atoms with E-state index in [1.807, 2.05) is 0 Å². The van der Waals surface area contributed by atoms with Gasteiger partial charge in [-0.1, -0.05) is 75.5 Å². The molecule has 0 aliphatic heterocycles. The van der Waals surface area contributed by atoms with Crippen LogP contribution in [0.2, 0.25) is 0 Å². The zero-order valence-electron chi connectivity index (χ0n) is 15.3. The van der Waals surface area contributed by atoms with Crippen LogP contribution in [0.5, 0.6) is 0 Å². The molecule has 2 heteroatoms. The summed E-state index contributed by atoms with van der Waals surface area (Å²) in [5.74, 6) is -0.0796. The average Bonchev–Trinajstić information content (AvgIpc) is 2.57. The number of rotatable bonds is 15. The molecule has 0 amide bonds. The normalized spacial score (nSPS) is 11.9. The van der Waals surface area contributed by atoms with Crippen molar-refractivity contribution in [1.29, 1.82) is 0 Å². The average molecular weight is 321 g/mol. The highest BCUT2D eigenvalue weighted by molar-refractivity contribution is 5.68. The van der Waals surface area contributed by atoms with Gasteiger partial charge in [-0.2, -0.15) is 0 Å². The van der Waals surface area contributed by atoms with Crippen LogP contribution in [0.1, 0.15) is 84.0 Å². The molecule has 0 bridgehead atoms. The Kier molecular flexibility index (Phi) is 17.7. The highest BCUT2D eigenvalue weighted by Gasteiger charge is 1.98. The van der Waals surface area contributed by atoms with Crippen LogP contribution in [-0.2, 0) is 9.53 Å². The van der Waals surface area contributed by atoms with Crippen molar-refractivity contribution in [1.82, 2.24) is 0 Å². The number of methoxy groups -OCH3 is 1. The molecule has 0 aliphatic carbocycles. The molecule has 132 valence electrons. The van der Waals surface area contributed by atoms with E-state index in [2.05, 4.69) is 48.1 Å². The van der Waals surface area contributed by atoms with Crippen molar-refractivity contribution in [3.05, 3.63) is 36.5 Å². The minimum Gasteiger partial charge on any atom is -0.469 e. The van der Waals surface area contributed by atoms with Crippen molar-refractivity contribution in [3.8, 4) is 0 Å². The summed E-state index contributed by atoms with van der Waals surface area (Å²) in [6, 6.07) is 0. The first-order valence-electron chi connectivity index (χ1n) is 9.33. The quantitative estimate of drug-likeness (QED) is 0.195. The minimum absolute atomic E-state index is 0.0796. The standard InChI is InChI=1S/C21H36O2/c1-3-4-5-6-7-8-9-10-11-12-13-14-15-16-17-18-19-20-21(22)23-2/h4-5,7-8,10-11H,3,6,9,12-20H2,1-2H3/b5-4?,8-7?,11-10+. The molecule has 0 saturated heterocycles. The number of ether oxygens (including phenoxy) is 1. The van der Waals surface area contributed by atoms with Gasteiger partial charge in [0, 0.05) is 6.42 Å². The van der Waals surface area contributed by atoms with Gasteiger partial charge in [-0.15, -0.1) is 0 Å². The summed E-state index contributed by atoms with van der Waals surface area (Å²) in [7, 11) is 1.46. The number of carbonyl (C=O) groups excluding carboxylic acids is 1. The third kappa shape index (κ3) is 18.6. The lowest BCUT2D eigenvalue weighted by molar-refractivity contribution is -0.140. The van der Waals surface area contributed by atoms with Crippen LogP contribution in [0.15, 0.2) is 36.5 Å². The van der Waals surface area contributed by atoms with Crippen LogP contribution in [-0.4, -0.2) is 13.1 Å². The predicted octanol–water partition coefficient (Wildman–Crippen LogP) is 6.53. The number of carbonyl (C=O) groups is 1. The van der Waals surface area contributed by atoms with Gasteiger partial charge in [0.05, 0.1) is 7.11 Å². The van der Waals surface area contributed by atoms with Crippen LogP contribution >= 0.6 is 0 Å². The highest BCUT2D eigenvalue weighted by atomic mass is 16.5. The fraction of sp³-hybridized carbons (Fsp3) is 0.667. The summed E-state index contributed by atoms with van der Waals surface area (Å²) < 4.78 is 4.63. The maximum absolute atomic E-state index is 10.9. The van der Waals surface area contributed by atoms with E-state index < -0.39 is 0 Å². The highest BCUT2D eigenvalue weighted by Crippen LogP contribution is 2.10. The summed E-state index contributed by atoms with van der Waals surface area (Å²) in [6.07, 6.45) is 27.1. The topological polar surface area (TPSA) is 26.3 Å². The molecule has 0 aromatic rings. The Labute approximate surface area is 143 Å². The molecule has 0 fully saturated rings. The molecular formula is C21H36O2. The molecule has 0 unspecified atom stereocenters. The first-order chi connectivity index (χ1) is 11.3. The fourth-order valence-corrected chi connectivity index (χ4v) is 2.34. The SMILES string of the molecule is CCC=CCC=CC/C=C/CCCCCCCCCC(=O)OC. The van der Waals surface area contributed by atoms with Gasteiger partial charge >= 0.3 is 5.97 Å². The van der Waals surface area contributed by atoms with Gasteiger partial charge < -0.3 is 4.74 Å². The summed E-state index contributed by atoms with van der Waals surface area (Å²) in [5.41, 5.74) is 0. The van der Waals surface area contributed by atoms with Crippen molar-refractivity contribution in [2.24, 2.45) is 0 Å². The molecular weight excluding hydrogens is 284 g/mol. The molecule has 0 rings (SSSR count). The molecule has 2 nitrogen and oxygen atoms in total. The Morgan fingerprint density at radius 2 is 1.26 bits per heavy atom.